The van der Waals surface area contributed by atoms with Gasteiger partial charge in [-0.25, -0.2) is 0 Å². The summed E-state index contributed by atoms with van der Waals surface area (Å²) in [5.74, 6) is 0. The zero-order valence-corrected chi connectivity index (χ0v) is 12.3. The van der Waals surface area contributed by atoms with E-state index in [0.717, 1.165) is 11.4 Å². The van der Waals surface area contributed by atoms with Crippen LogP contribution in [0, 0.1) is 0 Å². The lowest BCUT2D eigenvalue weighted by Gasteiger charge is -2.18. The topological polar surface area (TPSA) is 53.4 Å². The summed E-state index contributed by atoms with van der Waals surface area (Å²) in [6, 6.07) is 11.4. The van der Waals surface area contributed by atoms with Gasteiger partial charge in [-0.1, -0.05) is 12.1 Å². The lowest BCUT2D eigenvalue weighted by molar-refractivity contribution is 0.342. The van der Waals surface area contributed by atoms with E-state index in [0.29, 0.717) is 5.71 Å². The molecule has 0 spiro atoms. The van der Waals surface area contributed by atoms with Crippen LogP contribution >= 0.6 is 12.6 Å². The number of hydrazone groups is 1. The molecule has 1 atom stereocenters. The number of hydrogen-bond acceptors (Lipinski definition) is 6. The van der Waals surface area contributed by atoms with Gasteiger partial charge in [-0.2, -0.15) is 5.10 Å². The molecule has 1 N–H and O–H groups in total. The zero-order valence-electron chi connectivity index (χ0n) is 11.4. The molecular weight excluding hydrogens is 270 g/mol. The van der Waals surface area contributed by atoms with Gasteiger partial charge in [0, 0.05) is 12.4 Å². The SMILES string of the molecule is CN(C)C(S)NN=C(c1ccccn1)c1ccccn1. The van der Waals surface area contributed by atoms with Crippen LogP contribution in [0.2, 0.25) is 0 Å². The van der Waals surface area contributed by atoms with Gasteiger partial charge in [0.15, 0.2) is 0 Å². The van der Waals surface area contributed by atoms with Crippen LogP contribution in [0.1, 0.15) is 11.4 Å². The van der Waals surface area contributed by atoms with Gasteiger partial charge in [-0.3, -0.25) is 20.3 Å². The van der Waals surface area contributed by atoms with Gasteiger partial charge in [-0.15, -0.1) is 12.6 Å². The summed E-state index contributed by atoms with van der Waals surface area (Å²) in [6.45, 7) is 0. The lowest BCUT2D eigenvalue weighted by atomic mass is 10.1. The van der Waals surface area contributed by atoms with Crippen molar-refractivity contribution in [1.29, 1.82) is 0 Å². The first-order valence-corrected chi connectivity index (χ1v) is 6.70. The number of nitrogens with zero attached hydrogens (tertiary/aromatic N) is 4. The molecule has 0 aliphatic carbocycles. The largest absolute Gasteiger partial charge is 0.283 e. The maximum Gasteiger partial charge on any atom is 0.140 e. The maximum absolute atomic E-state index is 4.41. The third-order valence-electron chi connectivity index (χ3n) is 2.60. The summed E-state index contributed by atoms with van der Waals surface area (Å²) in [6.07, 6.45) is 3.47. The van der Waals surface area contributed by atoms with Gasteiger partial charge in [0.05, 0.1) is 11.4 Å². The van der Waals surface area contributed by atoms with Crippen LogP contribution < -0.4 is 5.43 Å². The molecule has 0 saturated heterocycles. The Kier molecular flexibility index (Phi) is 5.09. The van der Waals surface area contributed by atoms with E-state index in [1.165, 1.54) is 0 Å². The molecule has 2 heterocycles. The van der Waals surface area contributed by atoms with E-state index in [-0.39, 0.29) is 5.50 Å². The highest BCUT2D eigenvalue weighted by atomic mass is 32.1. The van der Waals surface area contributed by atoms with Crippen molar-refractivity contribution < 1.29 is 0 Å². The fourth-order valence-corrected chi connectivity index (χ4v) is 1.55. The van der Waals surface area contributed by atoms with E-state index < -0.39 is 0 Å². The molecule has 6 heteroatoms. The summed E-state index contributed by atoms with van der Waals surface area (Å²) in [5.41, 5.74) is 5.01. The Hall–Kier alpha value is -1.92. The van der Waals surface area contributed by atoms with Gasteiger partial charge in [0.2, 0.25) is 0 Å². The van der Waals surface area contributed by atoms with Crippen molar-refractivity contribution in [3.63, 3.8) is 0 Å². The number of hydrogen-bond donors (Lipinski definition) is 2. The number of thiol groups is 1. The van der Waals surface area contributed by atoms with Gasteiger partial charge < -0.3 is 0 Å². The van der Waals surface area contributed by atoms with E-state index in [9.17, 15) is 0 Å². The standard InChI is InChI=1S/C14H17N5S/c1-19(2)14(20)18-17-13(11-7-3-5-9-15-11)12-8-4-6-10-16-12/h3-10,14,18,20H,1-2H3. The Morgan fingerprint density at radius 3 is 2.05 bits per heavy atom. The van der Waals surface area contributed by atoms with E-state index in [2.05, 4.69) is 33.1 Å². The van der Waals surface area contributed by atoms with Crippen LogP contribution in [0.15, 0.2) is 53.9 Å². The summed E-state index contributed by atoms with van der Waals surface area (Å²) >= 11 is 4.39. The first-order chi connectivity index (χ1) is 9.68. The van der Waals surface area contributed by atoms with Gasteiger partial charge in [0.1, 0.15) is 11.2 Å². The molecule has 104 valence electrons. The second-order valence-electron chi connectivity index (χ2n) is 4.36. The van der Waals surface area contributed by atoms with Crippen molar-refractivity contribution in [2.75, 3.05) is 14.1 Å². The molecule has 2 aromatic heterocycles. The molecule has 5 nitrogen and oxygen atoms in total. The Bertz CT molecular complexity index is 515. The minimum absolute atomic E-state index is 0.183. The van der Waals surface area contributed by atoms with E-state index in [1.54, 1.807) is 12.4 Å². The van der Waals surface area contributed by atoms with Gasteiger partial charge in [-0.05, 0) is 38.4 Å². The third kappa shape index (κ3) is 3.79. The highest BCUT2D eigenvalue weighted by Gasteiger charge is 2.10. The average Bonchev–Trinajstić information content (AvgIpc) is 2.49. The minimum atomic E-state index is -0.183. The first kappa shape index (κ1) is 14.5. The molecule has 2 rings (SSSR count). The molecule has 0 bridgehead atoms. The lowest BCUT2D eigenvalue weighted by Crippen LogP contribution is -2.34. The molecule has 0 saturated carbocycles. The van der Waals surface area contributed by atoms with Crippen LogP contribution in [0.4, 0.5) is 0 Å². The monoisotopic (exact) mass is 287 g/mol. The van der Waals surface area contributed by atoms with E-state index >= 15 is 0 Å². The van der Waals surface area contributed by atoms with Crippen molar-refractivity contribution in [3.05, 3.63) is 60.2 Å². The molecule has 0 fully saturated rings. The van der Waals surface area contributed by atoms with E-state index in [4.69, 9.17) is 0 Å². The highest BCUT2D eigenvalue weighted by Crippen LogP contribution is 2.06. The van der Waals surface area contributed by atoms with Crippen LogP contribution in [0.3, 0.4) is 0 Å². The summed E-state index contributed by atoms with van der Waals surface area (Å²) in [5, 5.41) is 4.41. The second-order valence-corrected chi connectivity index (χ2v) is 4.85. The smallest absolute Gasteiger partial charge is 0.140 e. The third-order valence-corrected chi connectivity index (χ3v) is 3.17. The molecule has 2 aromatic rings. The second kappa shape index (κ2) is 7.02. The molecule has 1 unspecified atom stereocenters. The molecule has 0 aliphatic rings. The fraction of sp³-hybridized carbons (Fsp3) is 0.214. The molecule has 0 amide bonds. The Labute approximate surface area is 124 Å². The Morgan fingerprint density at radius 2 is 1.65 bits per heavy atom. The molecule has 0 aromatic carbocycles. The number of nitrogens with one attached hydrogen (secondary N) is 1. The van der Waals surface area contributed by atoms with Crippen molar-refractivity contribution in [1.82, 2.24) is 20.3 Å². The normalized spacial score (nSPS) is 12.0. The fourth-order valence-electron chi connectivity index (χ4n) is 1.49. The molecule has 0 aliphatic heterocycles. The van der Waals surface area contributed by atoms with Crippen LogP contribution in [-0.2, 0) is 0 Å². The van der Waals surface area contributed by atoms with Gasteiger partial charge >= 0.3 is 0 Å². The molecule has 20 heavy (non-hydrogen) atoms. The van der Waals surface area contributed by atoms with Crippen LogP contribution in [-0.4, -0.2) is 40.2 Å². The average molecular weight is 287 g/mol. The number of pyridine rings is 2. The summed E-state index contributed by atoms with van der Waals surface area (Å²) in [7, 11) is 3.84. The Balaban J connectivity index is 2.33. The van der Waals surface area contributed by atoms with Crippen molar-refractivity contribution in [2.45, 2.75) is 5.50 Å². The number of rotatable bonds is 5. The van der Waals surface area contributed by atoms with Crippen molar-refractivity contribution in [3.8, 4) is 0 Å². The van der Waals surface area contributed by atoms with Crippen LogP contribution in [0.5, 0.6) is 0 Å². The molecule has 0 radical (unpaired) electrons. The quantitative estimate of drug-likeness (QED) is 0.379. The summed E-state index contributed by atoms with van der Waals surface area (Å²) in [4.78, 5) is 10.6. The van der Waals surface area contributed by atoms with E-state index in [1.807, 2.05) is 55.4 Å². The van der Waals surface area contributed by atoms with Crippen molar-refractivity contribution >= 4 is 18.3 Å². The minimum Gasteiger partial charge on any atom is -0.283 e. The predicted molar refractivity (Wildman–Crippen MR) is 83.7 cm³/mol. The predicted octanol–water partition coefficient (Wildman–Crippen LogP) is 1.59. The van der Waals surface area contributed by atoms with Gasteiger partial charge in [0.25, 0.3) is 0 Å². The maximum atomic E-state index is 4.41. The molecular formula is C14H17N5S. The number of aromatic nitrogens is 2. The van der Waals surface area contributed by atoms with Crippen molar-refractivity contribution in [2.24, 2.45) is 5.10 Å². The highest BCUT2D eigenvalue weighted by molar-refractivity contribution is 7.80. The zero-order chi connectivity index (χ0) is 14.4. The first-order valence-electron chi connectivity index (χ1n) is 6.19. The Morgan fingerprint density at radius 1 is 1.10 bits per heavy atom. The van der Waals surface area contributed by atoms with Crippen LogP contribution in [0.25, 0.3) is 0 Å². The summed E-state index contributed by atoms with van der Waals surface area (Å²) < 4.78 is 0.